The largest absolute Gasteiger partial charge is 0.369 e. The number of hydrogen-bond acceptors (Lipinski definition) is 5. The Bertz CT molecular complexity index is 736. The van der Waals surface area contributed by atoms with E-state index < -0.39 is 21.5 Å². The summed E-state index contributed by atoms with van der Waals surface area (Å²) in [5, 5.41) is 9.42. The van der Waals surface area contributed by atoms with E-state index in [-0.39, 0.29) is 11.6 Å². The molecule has 1 aliphatic heterocycles. The Hall–Kier alpha value is -1.66. The van der Waals surface area contributed by atoms with Gasteiger partial charge in [-0.05, 0) is 29.7 Å². The van der Waals surface area contributed by atoms with Crippen LogP contribution in [0.4, 0.5) is 10.1 Å². The standard InChI is InChI=1S/C18H26FN3O3S/c1-4-9-18(2,3)17(20-23)14-26(24,25)22-12-10-21(11-13-22)16-7-5-15(19)6-8-16/h1,5-8,17,20,23H,9-14H2,2-3H3. The molecule has 1 saturated heterocycles. The number of piperazine rings is 1. The maximum atomic E-state index is 13.0. The van der Waals surface area contributed by atoms with Crippen LogP contribution in [-0.2, 0) is 10.0 Å². The molecule has 26 heavy (non-hydrogen) atoms. The second-order valence-corrected chi connectivity index (χ2v) is 9.21. The van der Waals surface area contributed by atoms with Crippen LogP contribution in [0.5, 0.6) is 0 Å². The van der Waals surface area contributed by atoms with Crippen LogP contribution in [0.2, 0.25) is 0 Å². The molecule has 144 valence electrons. The maximum Gasteiger partial charge on any atom is 0.215 e. The lowest BCUT2D eigenvalue weighted by atomic mass is 9.83. The molecule has 1 unspecified atom stereocenters. The van der Waals surface area contributed by atoms with E-state index in [1.165, 1.54) is 16.4 Å². The molecule has 1 aromatic rings. The third-order valence-corrected chi connectivity index (χ3v) is 6.76. The van der Waals surface area contributed by atoms with Crippen molar-refractivity contribution >= 4 is 15.7 Å². The number of benzene rings is 1. The van der Waals surface area contributed by atoms with Gasteiger partial charge >= 0.3 is 0 Å². The van der Waals surface area contributed by atoms with E-state index in [2.05, 4.69) is 11.4 Å². The smallest absolute Gasteiger partial charge is 0.215 e. The molecule has 1 fully saturated rings. The summed E-state index contributed by atoms with van der Waals surface area (Å²) in [5.41, 5.74) is 2.42. The van der Waals surface area contributed by atoms with Crippen molar-refractivity contribution in [3.63, 3.8) is 0 Å². The predicted octanol–water partition coefficient (Wildman–Crippen LogP) is 1.67. The van der Waals surface area contributed by atoms with Crippen LogP contribution in [0.15, 0.2) is 24.3 Å². The summed E-state index contributed by atoms with van der Waals surface area (Å²) >= 11 is 0. The van der Waals surface area contributed by atoms with Crippen molar-refractivity contribution in [3.8, 4) is 12.3 Å². The molecule has 0 aliphatic carbocycles. The summed E-state index contributed by atoms with van der Waals surface area (Å²) in [7, 11) is -3.55. The Morgan fingerprint density at radius 1 is 1.27 bits per heavy atom. The molecule has 0 radical (unpaired) electrons. The number of anilines is 1. The number of rotatable bonds is 7. The van der Waals surface area contributed by atoms with Gasteiger partial charge in [0.05, 0.1) is 11.8 Å². The van der Waals surface area contributed by atoms with Crippen molar-refractivity contribution in [3.05, 3.63) is 30.1 Å². The summed E-state index contributed by atoms with van der Waals surface area (Å²) in [5.74, 6) is 2.00. The van der Waals surface area contributed by atoms with Gasteiger partial charge in [-0.15, -0.1) is 12.3 Å². The fourth-order valence-corrected chi connectivity index (χ4v) is 4.89. The summed E-state index contributed by atoms with van der Waals surface area (Å²) in [6.45, 7) is 5.37. The minimum atomic E-state index is -3.55. The van der Waals surface area contributed by atoms with Crippen molar-refractivity contribution in [2.24, 2.45) is 5.41 Å². The number of sulfonamides is 1. The number of halogens is 1. The van der Waals surface area contributed by atoms with E-state index in [9.17, 15) is 18.0 Å². The average molecular weight is 383 g/mol. The third-order valence-electron chi connectivity index (χ3n) is 4.86. The Balaban J connectivity index is 2.00. The molecule has 1 atom stereocenters. The van der Waals surface area contributed by atoms with Crippen molar-refractivity contribution in [2.45, 2.75) is 26.3 Å². The Kier molecular flexibility index (Phi) is 6.64. The van der Waals surface area contributed by atoms with Crippen molar-refractivity contribution in [1.29, 1.82) is 0 Å². The zero-order valence-electron chi connectivity index (χ0n) is 15.2. The molecule has 0 aromatic heterocycles. The highest BCUT2D eigenvalue weighted by molar-refractivity contribution is 7.89. The van der Waals surface area contributed by atoms with Gasteiger partial charge in [-0.25, -0.2) is 18.3 Å². The molecule has 6 nitrogen and oxygen atoms in total. The first kappa shape index (κ1) is 20.6. The number of nitrogens with one attached hydrogen (secondary N) is 1. The first-order chi connectivity index (χ1) is 12.2. The molecule has 0 spiro atoms. The van der Waals surface area contributed by atoms with Crippen LogP contribution in [0.3, 0.4) is 0 Å². The number of hydroxylamine groups is 1. The molecule has 0 bridgehead atoms. The monoisotopic (exact) mass is 383 g/mol. The Morgan fingerprint density at radius 3 is 2.35 bits per heavy atom. The molecule has 8 heteroatoms. The van der Waals surface area contributed by atoms with Gasteiger partial charge in [0, 0.05) is 38.3 Å². The van der Waals surface area contributed by atoms with Gasteiger partial charge in [0.2, 0.25) is 10.0 Å². The fraction of sp³-hybridized carbons (Fsp3) is 0.556. The van der Waals surface area contributed by atoms with Crippen LogP contribution in [-0.4, -0.2) is 55.9 Å². The average Bonchev–Trinajstić information content (AvgIpc) is 2.60. The molecule has 1 heterocycles. The van der Waals surface area contributed by atoms with Crippen LogP contribution in [0.25, 0.3) is 0 Å². The molecule has 0 saturated carbocycles. The first-order valence-corrected chi connectivity index (χ1v) is 10.1. The zero-order valence-corrected chi connectivity index (χ0v) is 16.0. The molecule has 2 rings (SSSR count). The van der Waals surface area contributed by atoms with Crippen LogP contribution in [0.1, 0.15) is 20.3 Å². The van der Waals surface area contributed by atoms with Gasteiger partial charge in [-0.2, -0.15) is 4.31 Å². The zero-order chi connectivity index (χ0) is 19.4. The van der Waals surface area contributed by atoms with E-state index >= 15 is 0 Å². The molecule has 1 aliphatic rings. The van der Waals surface area contributed by atoms with Crippen LogP contribution >= 0.6 is 0 Å². The maximum absolute atomic E-state index is 13.0. The van der Waals surface area contributed by atoms with Gasteiger partial charge in [0.25, 0.3) is 0 Å². The number of nitrogens with zero attached hydrogens (tertiary/aromatic N) is 2. The van der Waals surface area contributed by atoms with E-state index in [1.807, 2.05) is 18.7 Å². The molecular weight excluding hydrogens is 357 g/mol. The lowest BCUT2D eigenvalue weighted by Crippen LogP contribution is -2.53. The van der Waals surface area contributed by atoms with E-state index in [1.54, 1.807) is 12.1 Å². The minimum Gasteiger partial charge on any atom is -0.369 e. The SMILES string of the molecule is C#CCC(C)(C)C(CS(=O)(=O)N1CCN(c2ccc(F)cc2)CC1)NO. The predicted molar refractivity (Wildman–Crippen MR) is 99.9 cm³/mol. The molecule has 2 N–H and O–H groups in total. The van der Waals surface area contributed by atoms with Crippen molar-refractivity contribution in [1.82, 2.24) is 9.79 Å². The molecule has 1 aromatic carbocycles. The number of terminal acetylenes is 1. The minimum absolute atomic E-state index is 0.227. The highest BCUT2D eigenvalue weighted by Gasteiger charge is 2.36. The Morgan fingerprint density at radius 2 is 1.85 bits per heavy atom. The highest BCUT2D eigenvalue weighted by Crippen LogP contribution is 2.27. The molecular formula is C18H26FN3O3S. The second kappa shape index (κ2) is 8.35. The van der Waals surface area contributed by atoms with Gasteiger partial charge < -0.3 is 10.1 Å². The molecule has 0 amide bonds. The van der Waals surface area contributed by atoms with Gasteiger partial charge in [0.15, 0.2) is 0 Å². The van der Waals surface area contributed by atoms with E-state index in [4.69, 9.17) is 6.42 Å². The van der Waals surface area contributed by atoms with Crippen molar-refractivity contribution < 1.29 is 18.0 Å². The summed E-state index contributed by atoms with van der Waals surface area (Å²) in [6.07, 6.45) is 5.69. The van der Waals surface area contributed by atoms with Gasteiger partial charge in [-0.1, -0.05) is 13.8 Å². The number of hydrogen-bond donors (Lipinski definition) is 2. The fourth-order valence-electron chi connectivity index (χ4n) is 3.02. The third kappa shape index (κ3) is 4.95. The topological polar surface area (TPSA) is 72.9 Å². The van der Waals surface area contributed by atoms with Crippen molar-refractivity contribution in [2.75, 3.05) is 36.8 Å². The lowest BCUT2D eigenvalue weighted by molar-refractivity contribution is 0.0765. The van der Waals surface area contributed by atoms with Gasteiger partial charge in [0.1, 0.15) is 5.82 Å². The normalized spacial score (nSPS) is 17.7. The van der Waals surface area contributed by atoms with E-state index in [0.29, 0.717) is 32.6 Å². The first-order valence-electron chi connectivity index (χ1n) is 8.51. The summed E-state index contributed by atoms with van der Waals surface area (Å²) in [6, 6.07) is 5.49. The summed E-state index contributed by atoms with van der Waals surface area (Å²) < 4.78 is 40.0. The van der Waals surface area contributed by atoms with E-state index in [0.717, 1.165) is 5.69 Å². The van der Waals surface area contributed by atoms with Crippen LogP contribution in [0, 0.1) is 23.6 Å². The summed E-state index contributed by atoms with van der Waals surface area (Å²) in [4.78, 5) is 2.02. The highest BCUT2D eigenvalue weighted by atomic mass is 32.2. The Labute approximate surface area is 155 Å². The van der Waals surface area contributed by atoms with Gasteiger partial charge in [-0.3, -0.25) is 0 Å². The van der Waals surface area contributed by atoms with Crippen LogP contribution < -0.4 is 10.4 Å². The lowest BCUT2D eigenvalue weighted by Gasteiger charge is -2.37. The second-order valence-electron chi connectivity index (χ2n) is 7.19. The quantitative estimate of drug-likeness (QED) is 0.554.